The van der Waals surface area contributed by atoms with Crippen LogP contribution in [-0.4, -0.2) is 117 Å². The Balaban J connectivity index is 0.670. The molecule has 2 bridgehead atoms. The van der Waals surface area contributed by atoms with Crippen molar-refractivity contribution in [1.82, 2.24) is 45.2 Å². The highest BCUT2D eigenvalue weighted by molar-refractivity contribution is 6.08. The molecule has 18 heteroatoms. The van der Waals surface area contributed by atoms with Crippen molar-refractivity contribution in [2.24, 2.45) is 24.3 Å². The molecule has 3 aliphatic carbocycles. The molecule has 1 spiro atoms. The van der Waals surface area contributed by atoms with Crippen LogP contribution in [-0.2, 0) is 21.4 Å². The number of nitrogens with one attached hydrogen (secondary N) is 5. The van der Waals surface area contributed by atoms with Crippen molar-refractivity contribution in [1.29, 1.82) is 5.41 Å². The Kier molecular flexibility index (Phi) is 11.8. The first-order valence-corrected chi connectivity index (χ1v) is 23.5. The number of hydrogen-bond acceptors (Lipinski definition) is 12. The van der Waals surface area contributed by atoms with Gasteiger partial charge in [0.2, 0.25) is 11.8 Å². The molecule has 1 unspecified atom stereocenters. The first-order valence-electron chi connectivity index (χ1n) is 23.5. The van der Waals surface area contributed by atoms with Crippen molar-refractivity contribution in [2.75, 3.05) is 43.5 Å². The summed E-state index contributed by atoms with van der Waals surface area (Å²) in [5, 5.41) is 30.1. The van der Waals surface area contributed by atoms with E-state index in [1.54, 1.807) is 6.20 Å². The van der Waals surface area contributed by atoms with Crippen molar-refractivity contribution in [2.45, 2.75) is 120 Å². The normalized spacial score (nSPS) is 29.2. The van der Waals surface area contributed by atoms with Crippen LogP contribution in [0.5, 0.6) is 0 Å². The van der Waals surface area contributed by atoms with Gasteiger partial charge in [-0.3, -0.25) is 29.8 Å². The average Bonchev–Trinajstić information content (AvgIpc) is 4.11. The maximum absolute atomic E-state index is 13.9. The predicted molar refractivity (Wildman–Crippen MR) is 241 cm³/mol. The number of rotatable bonds is 14. The van der Waals surface area contributed by atoms with Gasteiger partial charge < -0.3 is 30.5 Å². The average molecular weight is 895 g/mol. The lowest BCUT2D eigenvalue weighted by Gasteiger charge is -2.53. The number of carbonyl (C=O) groups excluding carboxylic acids is 3. The van der Waals surface area contributed by atoms with E-state index in [9.17, 15) is 23.2 Å². The lowest BCUT2D eigenvalue weighted by molar-refractivity contribution is -0.134. The third-order valence-electron chi connectivity index (χ3n) is 15.5. The maximum atomic E-state index is 13.9. The Labute approximate surface area is 376 Å². The molecule has 3 atom stereocenters. The molecule has 65 heavy (non-hydrogen) atoms. The van der Waals surface area contributed by atoms with Crippen LogP contribution in [0.2, 0.25) is 0 Å². The molecule has 3 amide bonds. The molecule has 3 aromatic heterocycles. The number of halogens is 2. The number of nitrogens with zero attached hydrogens (tertiary/aromatic N) is 7. The van der Waals surface area contributed by atoms with E-state index in [4.69, 9.17) is 20.2 Å². The van der Waals surface area contributed by atoms with E-state index in [0.717, 1.165) is 74.0 Å². The number of carbonyl (C=O) groups is 3. The third-order valence-corrected chi connectivity index (χ3v) is 15.5. The SMILES string of the molecule is CN(CC1CCC(N/C=C(/NC(=O)c2cnn3ccc(N4C[C@H]5C[C@@H]4CO5)nc23)C(=N)C(F)F)CC1)C1CCC2(CC1)CC(CNc1cccc3c(C4CCC(=O)NC4=O)nn(C)c13)C2. The van der Waals surface area contributed by atoms with Gasteiger partial charge in [-0.25, -0.2) is 18.3 Å². The molecule has 1 aromatic carbocycles. The Morgan fingerprint density at radius 3 is 2.62 bits per heavy atom. The van der Waals surface area contributed by atoms with E-state index in [1.165, 1.54) is 55.4 Å². The quantitative estimate of drug-likeness (QED) is 0.0795. The fourth-order valence-electron chi connectivity index (χ4n) is 12.0. The minimum atomic E-state index is -3.06. The highest BCUT2D eigenvalue weighted by Gasteiger charge is 2.46. The Morgan fingerprint density at radius 2 is 1.89 bits per heavy atom. The number of morpholine rings is 1. The van der Waals surface area contributed by atoms with Gasteiger partial charge in [-0.05, 0) is 113 Å². The predicted octanol–water partition coefficient (Wildman–Crippen LogP) is 5.50. The molecule has 0 radical (unpaired) electrons. The van der Waals surface area contributed by atoms with Crippen LogP contribution < -0.4 is 26.2 Å². The number of benzene rings is 1. The topological polar surface area (TPSA) is 187 Å². The number of fused-ring (bicyclic) bond motifs is 4. The van der Waals surface area contributed by atoms with Gasteiger partial charge in [-0.2, -0.15) is 10.2 Å². The van der Waals surface area contributed by atoms with Crippen LogP contribution in [0.25, 0.3) is 16.6 Å². The van der Waals surface area contributed by atoms with Crippen molar-refractivity contribution in [3.05, 3.63) is 59.8 Å². The molecule has 6 aliphatic rings. The maximum Gasteiger partial charge on any atom is 0.281 e. The summed E-state index contributed by atoms with van der Waals surface area (Å²) in [6, 6.07) is 8.83. The molecule has 5 N–H and O–H groups in total. The van der Waals surface area contributed by atoms with E-state index >= 15 is 0 Å². The van der Waals surface area contributed by atoms with Crippen LogP contribution in [0.4, 0.5) is 20.3 Å². The smallest absolute Gasteiger partial charge is 0.281 e. The number of piperidine rings is 1. The van der Waals surface area contributed by atoms with Gasteiger partial charge in [-0.1, -0.05) is 12.1 Å². The highest BCUT2D eigenvalue weighted by Crippen LogP contribution is 2.55. The van der Waals surface area contributed by atoms with Crippen molar-refractivity contribution in [3.8, 4) is 0 Å². The Hall–Kier alpha value is -5.49. The fourth-order valence-corrected chi connectivity index (χ4v) is 12.0. The Bertz CT molecular complexity index is 2500. The van der Waals surface area contributed by atoms with Crippen LogP contribution in [0.15, 0.2) is 48.6 Å². The van der Waals surface area contributed by atoms with Crippen LogP contribution in [0.1, 0.15) is 105 Å². The summed E-state index contributed by atoms with van der Waals surface area (Å²) in [6.07, 6.45) is 14.5. The molecule has 3 saturated carbocycles. The number of hydrogen-bond donors (Lipinski definition) is 5. The summed E-state index contributed by atoms with van der Waals surface area (Å²) in [6.45, 7) is 3.30. The lowest BCUT2D eigenvalue weighted by atomic mass is 9.55. The Morgan fingerprint density at radius 1 is 1.09 bits per heavy atom. The lowest BCUT2D eigenvalue weighted by Crippen LogP contribution is -2.47. The van der Waals surface area contributed by atoms with Crippen molar-refractivity contribution < 1.29 is 27.9 Å². The van der Waals surface area contributed by atoms with E-state index in [0.29, 0.717) is 54.2 Å². The second-order valence-corrected chi connectivity index (χ2v) is 19.8. The van der Waals surface area contributed by atoms with Gasteiger partial charge in [-0.15, -0.1) is 0 Å². The van der Waals surface area contributed by atoms with Gasteiger partial charge in [0.25, 0.3) is 12.3 Å². The molecule has 10 rings (SSSR count). The molecule has 346 valence electrons. The number of aryl methyl sites for hydroxylation is 1. The fraction of sp³-hybridized carbons (Fsp3) is 0.596. The standard InChI is InChI=1S/C47H60F2N12O4/c1-58(30-12-15-47(16-13-30)19-28(20-47)21-52-36-5-3-4-33-41(57-59(2)42(33)36)34-10-11-39(62)56-45(34)63)24-27-6-8-29(9-7-27)51-23-37(40(50)43(48)49)54-46(64)35-22-53-61-17-14-38(55-44(35)61)60-25-32-18-31(60)26-65-32/h3-5,14,17,22-23,27-32,34,43,50-52H,6-13,15-16,18-21,24-26H2,1-2H3,(H,54,64)(H,56,62,63)/b37-23+,50-40?/t27?,28?,29?,30?,31-,32-,34?,47?/m1/s1. The second-order valence-electron chi connectivity index (χ2n) is 19.8. The number of aromatic nitrogens is 5. The third kappa shape index (κ3) is 8.70. The molecule has 6 heterocycles. The minimum Gasteiger partial charge on any atom is -0.386 e. The number of alkyl halides is 2. The van der Waals surface area contributed by atoms with E-state index in [2.05, 4.69) is 49.3 Å². The van der Waals surface area contributed by atoms with Crippen LogP contribution in [0.3, 0.4) is 0 Å². The molecular weight excluding hydrogens is 835 g/mol. The van der Waals surface area contributed by atoms with Gasteiger partial charge in [0, 0.05) is 63.0 Å². The number of allylic oxidation sites excluding steroid dienone is 1. The van der Waals surface area contributed by atoms with E-state index in [1.807, 2.05) is 29.9 Å². The zero-order valence-corrected chi connectivity index (χ0v) is 37.2. The van der Waals surface area contributed by atoms with Crippen molar-refractivity contribution >= 4 is 51.5 Å². The van der Waals surface area contributed by atoms with Gasteiger partial charge in [0.05, 0.1) is 53.5 Å². The largest absolute Gasteiger partial charge is 0.386 e. The summed E-state index contributed by atoms with van der Waals surface area (Å²) in [5.74, 6) is 0.315. The number of imide groups is 1. The van der Waals surface area contributed by atoms with E-state index in [-0.39, 0.29) is 41.3 Å². The first kappa shape index (κ1) is 43.4. The van der Waals surface area contributed by atoms with Gasteiger partial charge >= 0.3 is 0 Å². The first-order chi connectivity index (χ1) is 31.4. The molecule has 6 fully saturated rings. The number of amides is 3. The molecule has 16 nitrogen and oxygen atoms in total. The number of anilines is 2. The minimum absolute atomic E-state index is 0.0536. The zero-order chi connectivity index (χ0) is 45.0. The highest BCUT2D eigenvalue weighted by atomic mass is 19.3. The van der Waals surface area contributed by atoms with Gasteiger partial charge in [0.15, 0.2) is 5.65 Å². The molecular formula is C47H60F2N12O4. The number of para-hydroxylation sites is 1. The summed E-state index contributed by atoms with van der Waals surface area (Å²) in [7, 11) is 4.18. The monoisotopic (exact) mass is 894 g/mol. The second kappa shape index (κ2) is 17.7. The van der Waals surface area contributed by atoms with Crippen LogP contribution in [0, 0.1) is 22.7 Å². The summed E-state index contributed by atoms with van der Waals surface area (Å²) in [4.78, 5) is 47.4. The summed E-state index contributed by atoms with van der Waals surface area (Å²) in [5.41, 5.74) is 2.43. The number of ether oxygens (including phenoxy) is 1. The zero-order valence-electron chi connectivity index (χ0n) is 37.2. The van der Waals surface area contributed by atoms with Crippen molar-refractivity contribution in [3.63, 3.8) is 0 Å². The molecule has 3 aliphatic heterocycles. The van der Waals surface area contributed by atoms with Gasteiger partial charge in [0.1, 0.15) is 17.1 Å². The summed E-state index contributed by atoms with van der Waals surface area (Å²) >= 11 is 0. The molecule has 3 saturated heterocycles. The molecule has 4 aromatic rings. The van der Waals surface area contributed by atoms with Crippen LogP contribution >= 0.6 is 0 Å². The summed E-state index contributed by atoms with van der Waals surface area (Å²) < 4.78 is 36.9. The van der Waals surface area contributed by atoms with E-state index < -0.39 is 24.0 Å².